The number of anilines is 2. The molecular weight excluding hydrogens is 362 g/mol. The lowest BCUT2D eigenvalue weighted by molar-refractivity contribution is -0.111. The number of nitrogens with one attached hydrogen (secondary N) is 2. The van der Waals surface area contributed by atoms with Crippen molar-refractivity contribution in [3.05, 3.63) is 41.5 Å². The Kier molecular flexibility index (Phi) is 5.10. The molecule has 142 valence electrons. The van der Waals surface area contributed by atoms with Gasteiger partial charge in [-0.3, -0.25) is 10.1 Å². The molecule has 2 aromatic heterocycles. The van der Waals surface area contributed by atoms with Crippen molar-refractivity contribution in [1.82, 2.24) is 15.5 Å². The van der Waals surface area contributed by atoms with E-state index in [1.807, 2.05) is 24.4 Å². The molecule has 1 amide bonds. The van der Waals surface area contributed by atoms with Crippen molar-refractivity contribution in [2.75, 3.05) is 10.3 Å². The second-order valence-corrected chi connectivity index (χ2v) is 7.53. The molecule has 9 heteroatoms. The minimum absolute atomic E-state index is 0. The van der Waals surface area contributed by atoms with Gasteiger partial charge >= 0.3 is 0 Å². The lowest BCUT2D eigenvalue weighted by Gasteiger charge is -2.19. The van der Waals surface area contributed by atoms with Crippen LogP contribution in [0.25, 0.3) is 5.57 Å². The highest BCUT2D eigenvalue weighted by molar-refractivity contribution is 7.13. The van der Waals surface area contributed by atoms with Crippen LogP contribution >= 0.6 is 11.3 Å². The zero-order valence-corrected chi connectivity index (χ0v) is 15.8. The molecule has 1 unspecified atom stereocenters. The molecule has 1 saturated carbocycles. The monoisotopic (exact) mass is 385 g/mol. The van der Waals surface area contributed by atoms with Gasteiger partial charge in [-0.15, -0.1) is 16.5 Å². The average molecular weight is 385 g/mol. The maximum Gasteiger partial charge on any atom is 0.257 e. The number of carbonyl (C=O) groups excluding carboxylic acids is 1. The van der Waals surface area contributed by atoms with Gasteiger partial charge in [-0.2, -0.15) is 5.53 Å². The SMILES string of the molecule is CC1N=NNN1c1ccc(/C(=C\C2CCCC2)C(=O)Nc2nccs2)cn1.[HH]. The summed E-state index contributed by atoms with van der Waals surface area (Å²) in [6, 6.07) is 3.78. The number of aromatic nitrogens is 2. The average Bonchev–Trinajstić information content (AvgIpc) is 3.43. The van der Waals surface area contributed by atoms with Gasteiger partial charge < -0.3 is 0 Å². The lowest BCUT2D eigenvalue weighted by Crippen LogP contribution is -2.36. The summed E-state index contributed by atoms with van der Waals surface area (Å²) < 4.78 is 0. The molecular formula is C18H23N7OS. The van der Waals surface area contributed by atoms with Gasteiger partial charge in [0.25, 0.3) is 5.91 Å². The molecule has 1 fully saturated rings. The van der Waals surface area contributed by atoms with E-state index in [1.165, 1.54) is 24.2 Å². The van der Waals surface area contributed by atoms with E-state index >= 15 is 0 Å². The number of amides is 1. The van der Waals surface area contributed by atoms with Gasteiger partial charge in [-0.1, -0.05) is 24.1 Å². The van der Waals surface area contributed by atoms with Crippen LogP contribution in [-0.4, -0.2) is 22.0 Å². The standard InChI is InChI=1S/C18H21N7OS.H2/c1-12-22-23-24-25(12)16-7-6-14(11-20-16)15(10-13-4-2-3-5-13)17(26)21-18-19-8-9-27-18;/h6-13H,2-5H2,1H3,(H,22,24)(H,19,21,26);1H/b15-10+;. The molecule has 0 spiro atoms. The van der Waals surface area contributed by atoms with Crippen molar-refractivity contribution in [3.63, 3.8) is 0 Å². The van der Waals surface area contributed by atoms with Gasteiger partial charge in [0.05, 0.1) is 0 Å². The zero-order valence-electron chi connectivity index (χ0n) is 15.0. The number of nitrogens with zero attached hydrogens (tertiary/aromatic N) is 5. The third kappa shape index (κ3) is 3.97. The van der Waals surface area contributed by atoms with E-state index in [0.29, 0.717) is 22.4 Å². The van der Waals surface area contributed by atoms with E-state index in [0.717, 1.165) is 18.4 Å². The quantitative estimate of drug-likeness (QED) is 0.758. The number of hydrazine groups is 1. The van der Waals surface area contributed by atoms with Crippen LogP contribution < -0.4 is 15.9 Å². The first-order valence-corrected chi connectivity index (χ1v) is 9.92. The first-order valence-electron chi connectivity index (χ1n) is 9.04. The number of pyridine rings is 1. The maximum absolute atomic E-state index is 12.9. The van der Waals surface area contributed by atoms with Crippen LogP contribution in [0.3, 0.4) is 0 Å². The van der Waals surface area contributed by atoms with E-state index in [2.05, 4.69) is 37.2 Å². The Labute approximate surface area is 162 Å². The van der Waals surface area contributed by atoms with Crippen molar-refractivity contribution in [2.24, 2.45) is 16.3 Å². The van der Waals surface area contributed by atoms with Gasteiger partial charge in [0.15, 0.2) is 17.1 Å². The second-order valence-electron chi connectivity index (χ2n) is 6.64. The van der Waals surface area contributed by atoms with Crippen LogP contribution in [0.1, 0.15) is 39.6 Å². The summed E-state index contributed by atoms with van der Waals surface area (Å²) in [5.41, 5.74) is 4.25. The van der Waals surface area contributed by atoms with Gasteiger partial charge in [-0.05, 0) is 37.8 Å². The number of thiazole rings is 1. The summed E-state index contributed by atoms with van der Waals surface area (Å²) in [5.74, 6) is 0.987. The second kappa shape index (κ2) is 7.83. The number of carbonyl (C=O) groups is 1. The predicted molar refractivity (Wildman–Crippen MR) is 107 cm³/mol. The fourth-order valence-electron chi connectivity index (χ4n) is 3.34. The molecule has 27 heavy (non-hydrogen) atoms. The number of hydrogen-bond donors (Lipinski definition) is 2. The highest BCUT2D eigenvalue weighted by atomic mass is 32.1. The van der Waals surface area contributed by atoms with E-state index in [-0.39, 0.29) is 13.5 Å². The van der Waals surface area contributed by atoms with Crippen molar-refractivity contribution in [3.8, 4) is 0 Å². The van der Waals surface area contributed by atoms with E-state index < -0.39 is 0 Å². The number of hydrogen-bond acceptors (Lipinski definition) is 8. The highest BCUT2D eigenvalue weighted by Crippen LogP contribution is 2.30. The minimum atomic E-state index is -0.149. The van der Waals surface area contributed by atoms with Crippen LogP contribution in [0.15, 0.2) is 46.3 Å². The summed E-state index contributed by atoms with van der Waals surface area (Å²) in [6.45, 7) is 1.92. The van der Waals surface area contributed by atoms with Crippen molar-refractivity contribution in [1.29, 1.82) is 0 Å². The molecule has 4 rings (SSSR count). The number of allylic oxidation sites excluding steroid dienone is 1. The van der Waals surface area contributed by atoms with E-state index in [4.69, 9.17) is 0 Å². The van der Waals surface area contributed by atoms with Crippen molar-refractivity contribution < 1.29 is 6.22 Å². The third-order valence-corrected chi connectivity index (χ3v) is 5.44. The molecule has 2 aromatic rings. The molecule has 0 aromatic carbocycles. The van der Waals surface area contributed by atoms with Gasteiger partial charge in [0.2, 0.25) is 0 Å². The Morgan fingerprint density at radius 1 is 1.37 bits per heavy atom. The molecule has 0 bridgehead atoms. The fraction of sp³-hybridized carbons (Fsp3) is 0.389. The first-order chi connectivity index (χ1) is 13.2. The Bertz CT molecular complexity index is 847. The summed E-state index contributed by atoms with van der Waals surface area (Å²) in [5, 5.41) is 14.9. The van der Waals surface area contributed by atoms with Gasteiger partial charge in [-0.25, -0.2) is 15.0 Å². The highest BCUT2D eigenvalue weighted by Gasteiger charge is 2.22. The predicted octanol–water partition coefficient (Wildman–Crippen LogP) is 4.03. The van der Waals surface area contributed by atoms with Crippen LogP contribution in [0.4, 0.5) is 10.9 Å². The smallest absolute Gasteiger partial charge is 0.257 e. The summed E-state index contributed by atoms with van der Waals surface area (Å²) in [6.07, 6.45) is 10.0. The summed E-state index contributed by atoms with van der Waals surface area (Å²) >= 11 is 1.40. The number of rotatable bonds is 5. The van der Waals surface area contributed by atoms with Crippen LogP contribution in [0.2, 0.25) is 0 Å². The van der Waals surface area contributed by atoms with Crippen LogP contribution in [0.5, 0.6) is 0 Å². The maximum atomic E-state index is 12.9. The molecule has 1 aliphatic heterocycles. The first kappa shape index (κ1) is 17.6. The minimum Gasteiger partial charge on any atom is -0.298 e. The molecule has 0 radical (unpaired) electrons. The van der Waals surface area contributed by atoms with E-state index in [9.17, 15) is 4.79 Å². The fourth-order valence-corrected chi connectivity index (χ4v) is 3.86. The Morgan fingerprint density at radius 3 is 2.85 bits per heavy atom. The molecule has 1 atom stereocenters. The largest absolute Gasteiger partial charge is 0.298 e. The molecule has 3 heterocycles. The molecule has 8 nitrogen and oxygen atoms in total. The summed E-state index contributed by atoms with van der Waals surface area (Å²) in [4.78, 5) is 21.5. The molecule has 2 aliphatic rings. The van der Waals surface area contributed by atoms with Crippen molar-refractivity contribution in [2.45, 2.75) is 38.8 Å². The third-order valence-electron chi connectivity index (χ3n) is 4.76. The van der Waals surface area contributed by atoms with E-state index in [1.54, 1.807) is 17.4 Å². The van der Waals surface area contributed by atoms with Gasteiger partial charge in [0, 0.05) is 30.3 Å². The molecule has 1 aliphatic carbocycles. The van der Waals surface area contributed by atoms with Crippen molar-refractivity contribution >= 4 is 33.8 Å². The van der Waals surface area contributed by atoms with Crippen LogP contribution in [0, 0.1) is 5.92 Å². The Hall–Kier alpha value is -2.81. The topological polar surface area (TPSA) is 94.9 Å². The normalized spacial score (nSPS) is 20.1. The Balaban J connectivity index is 0.00000225. The van der Waals surface area contributed by atoms with Crippen LogP contribution in [-0.2, 0) is 4.79 Å². The Morgan fingerprint density at radius 2 is 2.22 bits per heavy atom. The zero-order chi connectivity index (χ0) is 18.6. The lowest BCUT2D eigenvalue weighted by atomic mass is 9.99. The summed E-state index contributed by atoms with van der Waals surface area (Å²) in [7, 11) is 0. The van der Waals surface area contributed by atoms with Gasteiger partial charge in [0.1, 0.15) is 0 Å². The molecule has 0 saturated heterocycles. The molecule has 2 N–H and O–H groups in total.